The molecule has 2 nitrogen and oxygen atoms in total. The standard InChI is InChI=1S/C18H24N2/c1-2-19-17-10-6-12-20(14-17)13-16-9-5-8-15-7-3-4-11-18(15)16/h3-5,7-9,11,17,19H,2,6,10,12-14H2,1H3. The third-order valence-corrected chi connectivity index (χ3v) is 4.27. The minimum absolute atomic E-state index is 0.670. The lowest BCUT2D eigenvalue weighted by atomic mass is 10.0. The van der Waals surface area contributed by atoms with Crippen molar-refractivity contribution in [3.8, 4) is 0 Å². The van der Waals surface area contributed by atoms with Crippen LogP contribution in [-0.2, 0) is 6.54 Å². The number of likely N-dealkylation sites (N-methyl/N-ethyl adjacent to an activating group) is 1. The van der Waals surface area contributed by atoms with Crippen LogP contribution in [-0.4, -0.2) is 30.6 Å². The molecule has 0 radical (unpaired) electrons. The Hall–Kier alpha value is -1.38. The lowest BCUT2D eigenvalue weighted by Gasteiger charge is -2.33. The maximum absolute atomic E-state index is 3.60. The molecule has 20 heavy (non-hydrogen) atoms. The van der Waals surface area contributed by atoms with Crippen LogP contribution in [0.4, 0.5) is 0 Å². The predicted octanol–water partition coefficient (Wildman–Crippen LogP) is 3.41. The zero-order valence-electron chi connectivity index (χ0n) is 12.3. The van der Waals surface area contributed by atoms with Gasteiger partial charge >= 0.3 is 0 Å². The summed E-state index contributed by atoms with van der Waals surface area (Å²) >= 11 is 0. The van der Waals surface area contributed by atoms with E-state index in [1.165, 1.54) is 42.3 Å². The van der Waals surface area contributed by atoms with Gasteiger partial charge in [-0.3, -0.25) is 4.90 Å². The topological polar surface area (TPSA) is 15.3 Å². The molecule has 2 aromatic carbocycles. The van der Waals surface area contributed by atoms with Crippen molar-refractivity contribution in [2.45, 2.75) is 32.4 Å². The fraction of sp³-hybridized carbons (Fsp3) is 0.444. The third kappa shape index (κ3) is 3.02. The first-order valence-electron chi connectivity index (χ1n) is 7.79. The zero-order chi connectivity index (χ0) is 13.8. The molecule has 106 valence electrons. The highest BCUT2D eigenvalue weighted by molar-refractivity contribution is 5.85. The Bertz CT molecular complexity index is 557. The van der Waals surface area contributed by atoms with Crippen molar-refractivity contribution in [3.05, 3.63) is 48.0 Å². The van der Waals surface area contributed by atoms with Crippen LogP contribution in [0.3, 0.4) is 0 Å². The highest BCUT2D eigenvalue weighted by Crippen LogP contribution is 2.21. The molecule has 2 heteroatoms. The fourth-order valence-electron chi connectivity index (χ4n) is 3.33. The van der Waals surface area contributed by atoms with Crippen LogP contribution in [0.15, 0.2) is 42.5 Å². The van der Waals surface area contributed by atoms with Gasteiger partial charge < -0.3 is 5.32 Å². The third-order valence-electron chi connectivity index (χ3n) is 4.27. The normalized spacial score (nSPS) is 20.4. The van der Waals surface area contributed by atoms with Gasteiger partial charge in [-0.05, 0) is 42.3 Å². The smallest absolute Gasteiger partial charge is 0.0240 e. The van der Waals surface area contributed by atoms with Crippen molar-refractivity contribution in [1.29, 1.82) is 0 Å². The Morgan fingerprint density at radius 1 is 1.15 bits per heavy atom. The van der Waals surface area contributed by atoms with Crippen LogP contribution in [0.25, 0.3) is 10.8 Å². The molecule has 1 aliphatic heterocycles. The summed E-state index contributed by atoms with van der Waals surface area (Å²) in [6.07, 6.45) is 2.63. The van der Waals surface area contributed by atoms with Gasteiger partial charge in [0.05, 0.1) is 0 Å². The van der Waals surface area contributed by atoms with E-state index in [4.69, 9.17) is 0 Å². The molecule has 1 aliphatic rings. The predicted molar refractivity (Wildman–Crippen MR) is 85.9 cm³/mol. The Balaban J connectivity index is 1.76. The second-order valence-electron chi connectivity index (χ2n) is 5.77. The Morgan fingerprint density at radius 2 is 2.00 bits per heavy atom. The largest absolute Gasteiger partial charge is 0.313 e. The number of piperidine rings is 1. The van der Waals surface area contributed by atoms with Crippen molar-refractivity contribution >= 4 is 10.8 Å². The number of hydrogen-bond donors (Lipinski definition) is 1. The number of fused-ring (bicyclic) bond motifs is 1. The maximum Gasteiger partial charge on any atom is 0.0240 e. The first-order valence-corrected chi connectivity index (χ1v) is 7.79. The van der Waals surface area contributed by atoms with E-state index in [9.17, 15) is 0 Å². The number of rotatable bonds is 4. The molecule has 2 aromatic rings. The molecule has 0 amide bonds. The lowest BCUT2D eigenvalue weighted by Crippen LogP contribution is -2.45. The van der Waals surface area contributed by atoms with Crippen LogP contribution < -0.4 is 5.32 Å². The minimum Gasteiger partial charge on any atom is -0.313 e. The van der Waals surface area contributed by atoms with Crippen molar-refractivity contribution in [2.24, 2.45) is 0 Å². The maximum atomic E-state index is 3.60. The summed E-state index contributed by atoms with van der Waals surface area (Å²) in [5.41, 5.74) is 1.46. The van der Waals surface area contributed by atoms with Crippen molar-refractivity contribution in [2.75, 3.05) is 19.6 Å². The molecule has 1 heterocycles. The Labute approximate surface area is 121 Å². The average Bonchev–Trinajstić information content (AvgIpc) is 2.48. The molecule has 0 bridgehead atoms. The van der Waals surface area contributed by atoms with E-state index < -0.39 is 0 Å². The average molecular weight is 268 g/mol. The summed E-state index contributed by atoms with van der Waals surface area (Å²) in [4.78, 5) is 2.60. The van der Waals surface area contributed by atoms with Gasteiger partial charge in [0.2, 0.25) is 0 Å². The van der Waals surface area contributed by atoms with Crippen LogP contribution in [0.5, 0.6) is 0 Å². The number of benzene rings is 2. The molecule has 0 aromatic heterocycles. The van der Waals surface area contributed by atoms with Crippen molar-refractivity contribution < 1.29 is 0 Å². The van der Waals surface area contributed by atoms with Crippen molar-refractivity contribution in [3.63, 3.8) is 0 Å². The summed E-state index contributed by atoms with van der Waals surface area (Å²) in [7, 11) is 0. The SMILES string of the molecule is CCNC1CCCN(Cc2cccc3ccccc23)C1. The summed E-state index contributed by atoms with van der Waals surface area (Å²) in [6.45, 7) is 6.75. The highest BCUT2D eigenvalue weighted by atomic mass is 15.2. The first-order chi connectivity index (χ1) is 9.86. The Kier molecular flexibility index (Phi) is 4.34. The molecule has 3 rings (SSSR count). The summed E-state index contributed by atoms with van der Waals surface area (Å²) in [6, 6.07) is 16.0. The summed E-state index contributed by atoms with van der Waals surface area (Å²) < 4.78 is 0. The van der Waals surface area contributed by atoms with E-state index in [0.717, 1.165) is 13.1 Å². The molecular weight excluding hydrogens is 244 g/mol. The van der Waals surface area contributed by atoms with E-state index in [-0.39, 0.29) is 0 Å². The lowest BCUT2D eigenvalue weighted by molar-refractivity contribution is 0.185. The van der Waals surface area contributed by atoms with Gasteiger partial charge in [-0.2, -0.15) is 0 Å². The van der Waals surface area contributed by atoms with Crippen LogP contribution in [0.1, 0.15) is 25.3 Å². The van der Waals surface area contributed by atoms with Gasteiger partial charge in [-0.15, -0.1) is 0 Å². The van der Waals surface area contributed by atoms with Gasteiger partial charge in [0, 0.05) is 19.1 Å². The molecule has 0 aliphatic carbocycles. The molecular formula is C18H24N2. The number of nitrogens with one attached hydrogen (secondary N) is 1. The van der Waals surface area contributed by atoms with Gasteiger partial charge in [0.1, 0.15) is 0 Å². The van der Waals surface area contributed by atoms with E-state index in [2.05, 4.69) is 59.6 Å². The quantitative estimate of drug-likeness (QED) is 0.914. The summed E-state index contributed by atoms with van der Waals surface area (Å²) in [5, 5.41) is 6.35. The second kappa shape index (κ2) is 6.38. The van der Waals surface area contributed by atoms with Crippen LogP contribution in [0, 0.1) is 0 Å². The van der Waals surface area contributed by atoms with Gasteiger partial charge in [0.15, 0.2) is 0 Å². The van der Waals surface area contributed by atoms with E-state index in [1.807, 2.05) is 0 Å². The summed E-state index contributed by atoms with van der Waals surface area (Å²) in [5.74, 6) is 0. The van der Waals surface area contributed by atoms with Crippen molar-refractivity contribution in [1.82, 2.24) is 10.2 Å². The number of hydrogen-bond acceptors (Lipinski definition) is 2. The molecule has 0 spiro atoms. The molecule has 0 saturated carbocycles. The first kappa shape index (κ1) is 13.6. The Morgan fingerprint density at radius 3 is 2.90 bits per heavy atom. The highest BCUT2D eigenvalue weighted by Gasteiger charge is 2.19. The van der Waals surface area contributed by atoms with Crippen LogP contribution in [0.2, 0.25) is 0 Å². The van der Waals surface area contributed by atoms with Gasteiger partial charge in [0.25, 0.3) is 0 Å². The molecule has 1 saturated heterocycles. The monoisotopic (exact) mass is 268 g/mol. The fourth-order valence-corrected chi connectivity index (χ4v) is 3.33. The van der Waals surface area contributed by atoms with Gasteiger partial charge in [-0.25, -0.2) is 0 Å². The minimum atomic E-state index is 0.670. The second-order valence-corrected chi connectivity index (χ2v) is 5.77. The molecule has 1 fully saturated rings. The number of likely N-dealkylation sites (tertiary alicyclic amines) is 1. The molecule has 1 atom stereocenters. The molecule has 1 unspecified atom stereocenters. The zero-order valence-corrected chi connectivity index (χ0v) is 12.3. The van der Waals surface area contributed by atoms with Gasteiger partial charge in [-0.1, -0.05) is 49.4 Å². The van der Waals surface area contributed by atoms with E-state index in [1.54, 1.807) is 0 Å². The van der Waals surface area contributed by atoms with E-state index >= 15 is 0 Å². The van der Waals surface area contributed by atoms with E-state index in [0.29, 0.717) is 6.04 Å². The number of nitrogens with zero attached hydrogens (tertiary/aromatic N) is 1. The molecule has 1 N–H and O–H groups in total. The van der Waals surface area contributed by atoms with Crippen LogP contribution >= 0.6 is 0 Å².